The first kappa shape index (κ1) is 16.5. The van der Waals surface area contributed by atoms with Crippen LogP contribution in [0.3, 0.4) is 0 Å². The predicted octanol–water partition coefficient (Wildman–Crippen LogP) is 5.43. The maximum absolute atomic E-state index is 12.6. The van der Waals surface area contributed by atoms with Crippen LogP contribution in [0.5, 0.6) is 0 Å². The van der Waals surface area contributed by atoms with Crippen molar-refractivity contribution in [2.75, 3.05) is 5.32 Å². The molecule has 0 aliphatic rings. The van der Waals surface area contributed by atoms with Gasteiger partial charge < -0.3 is 5.32 Å². The molecule has 0 atom stereocenters. The summed E-state index contributed by atoms with van der Waals surface area (Å²) >= 11 is 5.67. The summed E-state index contributed by atoms with van der Waals surface area (Å²) < 4.78 is 1.85. The lowest BCUT2D eigenvalue weighted by molar-refractivity contribution is 0.102. The Labute approximate surface area is 147 Å². The van der Waals surface area contributed by atoms with Gasteiger partial charge in [-0.2, -0.15) is 0 Å². The van der Waals surface area contributed by atoms with Crippen molar-refractivity contribution in [3.05, 3.63) is 61.1 Å². The molecule has 2 aromatic rings. The molecule has 0 fully saturated rings. The summed E-state index contributed by atoms with van der Waals surface area (Å²) in [5, 5.41) is 3.09. The Balaban J connectivity index is 2.38. The summed E-state index contributed by atoms with van der Waals surface area (Å²) in [7, 11) is 0. The van der Waals surface area contributed by atoms with Crippen molar-refractivity contribution in [1.29, 1.82) is 0 Å². The summed E-state index contributed by atoms with van der Waals surface area (Å²) in [6.45, 7) is 4.21. The Kier molecular flexibility index (Phi) is 5.81. The van der Waals surface area contributed by atoms with Crippen molar-refractivity contribution >= 4 is 50.1 Å². The molecule has 0 saturated heterocycles. The number of aryl methyl sites for hydroxylation is 2. The molecule has 1 N–H and O–H groups in total. The van der Waals surface area contributed by atoms with Gasteiger partial charge in [-0.05, 0) is 80.7 Å². The average molecular weight is 458 g/mol. The highest BCUT2D eigenvalue weighted by molar-refractivity contribution is 14.1. The van der Waals surface area contributed by atoms with Gasteiger partial charge in [-0.15, -0.1) is 0 Å². The third kappa shape index (κ3) is 3.86. The number of carbonyl (C=O) groups excluding carboxylic acids is 1. The van der Waals surface area contributed by atoms with E-state index < -0.39 is 0 Å². The van der Waals surface area contributed by atoms with E-state index in [0.717, 1.165) is 26.6 Å². The van der Waals surface area contributed by atoms with Gasteiger partial charge in [0.05, 0.1) is 5.56 Å². The largest absolute Gasteiger partial charge is 0.321 e. The fraction of sp³-hybridized carbons (Fsp3) is 0.235. The van der Waals surface area contributed by atoms with E-state index in [1.807, 2.05) is 18.2 Å². The van der Waals surface area contributed by atoms with E-state index in [0.29, 0.717) is 5.56 Å². The number of nitrogens with one attached hydrogen (secondary N) is 1. The quantitative estimate of drug-likeness (QED) is 0.609. The maximum Gasteiger partial charge on any atom is 0.256 e. The van der Waals surface area contributed by atoms with Crippen LogP contribution >= 0.6 is 38.5 Å². The van der Waals surface area contributed by atoms with Crippen molar-refractivity contribution < 1.29 is 4.79 Å². The molecule has 0 spiro atoms. The molecule has 0 saturated carbocycles. The summed E-state index contributed by atoms with van der Waals surface area (Å²) in [6.07, 6.45) is 1.80. The highest BCUT2D eigenvalue weighted by Crippen LogP contribution is 2.25. The van der Waals surface area contributed by atoms with E-state index in [1.54, 1.807) is 0 Å². The van der Waals surface area contributed by atoms with E-state index in [-0.39, 0.29) is 5.91 Å². The molecular weight excluding hydrogens is 441 g/mol. The number of halogens is 2. The first-order valence-electron chi connectivity index (χ1n) is 6.94. The summed E-state index contributed by atoms with van der Waals surface area (Å²) in [6, 6.07) is 12.0. The highest BCUT2D eigenvalue weighted by atomic mass is 127. The molecule has 1 amide bonds. The minimum atomic E-state index is -0.0732. The smallest absolute Gasteiger partial charge is 0.256 e. The van der Waals surface area contributed by atoms with Gasteiger partial charge in [0.1, 0.15) is 0 Å². The SMILES string of the molecule is CCc1cccc(CC)c1NC(=O)c1cc(I)ccc1Br. The van der Waals surface area contributed by atoms with Crippen LogP contribution in [0.1, 0.15) is 35.3 Å². The summed E-state index contributed by atoms with van der Waals surface area (Å²) in [5.74, 6) is -0.0732. The van der Waals surface area contributed by atoms with Crippen LogP contribution in [0, 0.1) is 3.57 Å². The van der Waals surface area contributed by atoms with Crippen molar-refractivity contribution in [1.82, 2.24) is 0 Å². The predicted molar refractivity (Wildman–Crippen MR) is 100 cm³/mol. The van der Waals surface area contributed by atoms with E-state index in [9.17, 15) is 4.79 Å². The van der Waals surface area contributed by atoms with Gasteiger partial charge in [0.15, 0.2) is 0 Å². The van der Waals surface area contributed by atoms with Crippen LogP contribution in [-0.4, -0.2) is 5.91 Å². The topological polar surface area (TPSA) is 29.1 Å². The van der Waals surface area contributed by atoms with E-state index in [1.165, 1.54) is 11.1 Å². The third-order valence-electron chi connectivity index (χ3n) is 3.41. The second-order valence-electron chi connectivity index (χ2n) is 4.74. The zero-order valence-corrected chi connectivity index (χ0v) is 15.8. The molecule has 0 heterocycles. The fourth-order valence-electron chi connectivity index (χ4n) is 2.26. The third-order valence-corrected chi connectivity index (χ3v) is 4.77. The van der Waals surface area contributed by atoms with Crippen LogP contribution in [0.4, 0.5) is 5.69 Å². The number of hydrogen-bond acceptors (Lipinski definition) is 1. The standard InChI is InChI=1S/C17H17BrINO/c1-3-11-6-5-7-12(4-2)16(11)20-17(21)14-10-13(19)8-9-15(14)18/h5-10H,3-4H2,1-2H3,(H,20,21). The fourth-order valence-corrected chi connectivity index (χ4v) is 3.17. The van der Waals surface area contributed by atoms with Crippen LogP contribution in [0.15, 0.2) is 40.9 Å². The monoisotopic (exact) mass is 457 g/mol. The van der Waals surface area contributed by atoms with Gasteiger partial charge in [-0.25, -0.2) is 0 Å². The molecule has 0 aliphatic carbocycles. The van der Waals surface area contributed by atoms with Crippen molar-refractivity contribution in [2.45, 2.75) is 26.7 Å². The lowest BCUT2D eigenvalue weighted by Gasteiger charge is -2.15. The van der Waals surface area contributed by atoms with Crippen molar-refractivity contribution in [3.8, 4) is 0 Å². The Morgan fingerprint density at radius 1 is 1.14 bits per heavy atom. The lowest BCUT2D eigenvalue weighted by atomic mass is 10.0. The molecule has 2 aromatic carbocycles. The number of amides is 1. The number of carbonyl (C=O) groups is 1. The van der Waals surface area contributed by atoms with Crippen LogP contribution < -0.4 is 5.32 Å². The van der Waals surface area contributed by atoms with Crippen molar-refractivity contribution in [3.63, 3.8) is 0 Å². The summed E-state index contributed by atoms with van der Waals surface area (Å²) in [4.78, 5) is 12.6. The number of para-hydroxylation sites is 1. The molecule has 2 rings (SSSR count). The van der Waals surface area contributed by atoms with E-state index >= 15 is 0 Å². The van der Waals surface area contributed by atoms with E-state index in [2.05, 4.69) is 75.9 Å². The molecule has 0 unspecified atom stereocenters. The van der Waals surface area contributed by atoms with Gasteiger partial charge in [0.25, 0.3) is 5.91 Å². The normalized spacial score (nSPS) is 10.5. The van der Waals surface area contributed by atoms with Crippen LogP contribution in [0.2, 0.25) is 0 Å². The van der Waals surface area contributed by atoms with Crippen molar-refractivity contribution in [2.24, 2.45) is 0 Å². The average Bonchev–Trinajstić information content (AvgIpc) is 2.49. The molecule has 0 aromatic heterocycles. The van der Waals surface area contributed by atoms with Crippen LogP contribution in [-0.2, 0) is 12.8 Å². The second kappa shape index (κ2) is 7.40. The molecule has 21 heavy (non-hydrogen) atoms. The zero-order chi connectivity index (χ0) is 15.4. The number of anilines is 1. The lowest BCUT2D eigenvalue weighted by Crippen LogP contribution is -2.15. The molecule has 110 valence electrons. The van der Waals surface area contributed by atoms with Gasteiger partial charge in [-0.1, -0.05) is 32.0 Å². The van der Waals surface area contributed by atoms with Crippen LogP contribution in [0.25, 0.3) is 0 Å². The summed E-state index contributed by atoms with van der Waals surface area (Å²) in [5.41, 5.74) is 3.96. The van der Waals surface area contributed by atoms with Gasteiger partial charge in [0, 0.05) is 13.7 Å². The van der Waals surface area contributed by atoms with Gasteiger partial charge >= 0.3 is 0 Å². The number of benzene rings is 2. The maximum atomic E-state index is 12.6. The molecule has 2 nitrogen and oxygen atoms in total. The molecule has 0 bridgehead atoms. The van der Waals surface area contributed by atoms with E-state index in [4.69, 9.17) is 0 Å². The zero-order valence-electron chi connectivity index (χ0n) is 12.0. The Morgan fingerprint density at radius 2 is 1.76 bits per heavy atom. The Bertz CT molecular complexity index is 648. The molecular formula is C17H17BrINO. The molecule has 0 aliphatic heterocycles. The Morgan fingerprint density at radius 3 is 2.33 bits per heavy atom. The number of hydrogen-bond donors (Lipinski definition) is 1. The van der Waals surface area contributed by atoms with Gasteiger partial charge in [-0.3, -0.25) is 4.79 Å². The first-order valence-corrected chi connectivity index (χ1v) is 8.81. The molecule has 4 heteroatoms. The highest BCUT2D eigenvalue weighted by Gasteiger charge is 2.14. The Hall–Kier alpha value is -0.880. The molecule has 0 radical (unpaired) electrons. The second-order valence-corrected chi connectivity index (χ2v) is 6.84. The van der Waals surface area contributed by atoms with Gasteiger partial charge in [0.2, 0.25) is 0 Å². The first-order chi connectivity index (χ1) is 10.1. The number of rotatable bonds is 4. The minimum absolute atomic E-state index is 0.0732. The minimum Gasteiger partial charge on any atom is -0.321 e.